The average Bonchev–Trinajstić information content (AvgIpc) is 3.15. The van der Waals surface area contributed by atoms with Crippen LogP contribution in [0.3, 0.4) is 0 Å². The molecule has 0 aliphatic heterocycles. The van der Waals surface area contributed by atoms with Gasteiger partial charge in [0.05, 0.1) is 6.10 Å². The maximum atomic E-state index is 13.6. The lowest BCUT2D eigenvalue weighted by molar-refractivity contribution is -0.290. The molecule has 5 rings (SSSR count). The second kappa shape index (κ2) is 8.23. The van der Waals surface area contributed by atoms with Gasteiger partial charge in [-0.1, -0.05) is 51.1 Å². The van der Waals surface area contributed by atoms with Crippen molar-refractivity contribution in [2.24, 2.45) is 46.3 Å². The fraction of sp³-hybridized carbons (Fsp3) is 0.793. The molecule has 190 valence electrons. The molecule has 0 heterocycles. The van der Waals surface area contributed by atoms with Crippen LogP contribution < -0.4 is 0 Å². The van der Waals surface area contributed by atoms with Crippen molar-refractivity contribution >= 4 is 0 Å². The second-order valence-electron chi connectivity index (χ2n) is 12.8. The fourth-order valence-corrected chi connectivity index (χ4v) is 9.58. The van der Waals surface area contributed by atoms with Crippen molar-refractivity contribution < 1.29 is 23.4 Å². The normalized spacial score (nSPS) is 46.2. The minimum atomic E-state index is -4.54. The zero-order valence-corrected chi connectivity index (χ0v) is 20.8. The van der Waals surface area contributed by atoms with E-state index in [-0.39, 0.29) is 35.5 Å². The van der Waals surface area contributed by atoms with Crippen molar-refractivity contribution in [3.63, 3.8) is 0 Å². The number of aliphatic hydroxyl groups is 2. The third-order valence-electron chi connectivity index (χ3n) is 11.6. The minimum absolute atomic E-state index is 0.0468. The first kappa shape index (κ1) is 24.6. The van der Waals surface area contributed by atoms with Crippen LogP contribution in [0.2, 0.25) is 0 Å². The van der Waals surface area contributed by atoms with E-state index in [1.54, 1.807) is 0 Å². The van der Waals surface area contributed by atoms with Gasteiger partial charge in [0.15, 0.2) is 5.60 Å². The Morgan fingerprint density at radius 3 is 2.24 bits per heavy atom. The smallest absolute Gasteiger partial charge is 0.388 e. The molecule has 4 fully saturated rings. The van der Waals surface area contributed by atoms with Gasteiger partial charge in [0.2, 0.25) is 0 Å². The lowest BCUT2D eigenvalue weighted by Crippen LogP contribution is -2.59. The number of hydrogen-bond donors (Lipinski definition) is 2. The van der Waals surface area contributed by atoms with Crippen LogP contribution in [-0.4, -0.2) is 22.0 Å². The lowest BCUT2D eigenvalue weighted by Gasteiger charge is -2.62. The average molecular weight is 479 g/mol. The third kappa shape index (κ3) is 3.58. The zero-order chi connectivity index (χ0) is 24.5. The maximum Gasteiger partial charge on any atom is 0.417 e. The summed E-state index contributed by atoms with van der Waals surface area (Å²) in [5.74, 6) is 2.19. The summed E-state index contributed by atoms with van der Waals surface area (Å²) in [5.41, 5.74) is -1.44. The van der Waals surface area contributed by atoms with E-state index in [1.807, 2.05) is 30.3 Å². The molecule has 0 unspecified atom stereocenters. The van der Waals surface area contributed by atoms with E-state index in [0.29, 0.717) is 30.1 Å². The van der Waals surface area contributed by atoms with Gasteiger partial charge >= 0.3 is 6.18 Å². The molecule has 0 spiro atoms. The highest BCUT2D eigenvalue weighted by Crippen LogP contribution is 2.69. The molecule has 0 bridgehead atoms. The summed E-state index contributed by atoms with van der Waals surface area (Å²) in [4.78, 5) is 0. The number of hydrogen-bond acceptors (Lipinski definition) is 2. The van der Waals surface area contributed by atoms with Gasteiger partial charge in [0.25, 0.3) is 0 Å². The van der Waals surface area contributed by atoms with Crippen LogP contribution >= 0.6 is 0 Å². The van der Waals surface area contributed by atoms with Gasteiger partial charge in [-0.25, -0.2) is 0 Å². The van der Waals surface area contributed by atoms with Gasteiger partial charge in [-0.3, -0.25) is 0 Å². The van der Waals surface area contributed by atoms with Crippen molar-refractivity contribution in [3.05, 3.63) is 35.9 Å². The van der Waals surface area contributed by atoms with E-state index in [2.05, 4.69) is 20.8 Å². The van der Waals surface area contributed by atoms with Crippen molar-refractivity contribution in [1.29, 1.82) is 0 Å². The monoisotopic (exact) mass is 478 g/mol. The van der Waals surface area contributed by atoms with Gasteiger partial charge < -0.3 is 10.2 Å². The lowest BCUT2D eigenvalue weighted by atomic mass is 9.43. The van der Waals surface area contributed by atoms with Gasteiger partial charge in [-0.05, 0) is 110 Å². The van der Waals surface area contributed by atoms with Crippen LogP contribution in [-0.2, 0) is 0 Å². The van der Waals surface area contributed by atoms with E-state index in [0.717, 1.165) is 37.7 Å². The molecule has 4 aliphatic rings. The summed E-state index contributed by atoms with van der Waals surface area (Å²) in [7, 11) is 0. The topological polar surface area (TPSA) is 40.5 Å². The quantitative estimate of drug-likeness (QED) is 0.478. The summed E-state index contributed by atoms with van der Waals surface area (Å²) in [5, 5.41) is 21.6. The molecular weight excluding hydrogens is 437 g/mol. The maximum absolute atomic E-state index is 13.6. The van der Waals surface area contributed by atoms with Crippen molar-refractivity contribution in [3.8, 4) is 0 Å². The van der Waals surface area contributed by atoms with E-state index in [9.17, 15) is 23.4 Å². The standard InChI is InChI=1S/C29H41F3O2/c1-18(25(33)19-7-5-4-6-8-19)22-11-12-23-21-10-9-20-17-28(34,29(30,31)32)16-15-26(20,2)24(21)13-14-27(22,23)3/h4-8,18,20-25,33-34H,9-17H2,1-3H3/t18-,20+,21-,22+,23-,24-,25-,26-,27+,28+/m0/s1. The molecule has 34 heavy (non-hydrogen) atoms. The molecule has 4 aliphatic carbocycles. The molecule has 1 aromatic carbocycles. The second-order valence-corrected chi connectivity index (χ2v) is 12.8. The zero-order valence-electron chi connectivity index (χ0n) is 20.8. The van der Waals surface area contributed by atoms with E-state index < -0.39 is 17.9 Å². The Kier molecular flexibility index (Phi) is 5.96. The Bertz CT molecular complexity index is 887. The molecule has 2 N–H and O–H groups in total. The summed E-state index contributed by atoms with van der Waals surface area (Å²) in [6.45, 7) is 6.89. The Morgan fingerprint density at radius 1 is 0.882 bits per heavy atom. The molecule has 1 aromatic rings. The number of alkyl halides is 3. The summed E-state index contributed by atoms with van der Waals surface area (Å²) in [6.07, 6.45) is 1.45. The molecule has 0 saturated heterocycles. The predicted octanol–water partition coefficient (Wildman–Crippen LogP) is 7.31. The SMILES string of the molecule is C[C@H]([C@H](O)c1ccccc1)[C@H]1CC[C@H]2[C@@H]3CC[C@@H]4C[C@@](O)(C(F)(F)F)CC[C@]4(C)[C@H]3CC[C@]12C. The van der Waals surface area contributed by atoms with Crippen LogP contribution in [0.1, 0.15) is 90.2 Å². The first-order valence-corrected chi connectivity index (χ1v) is 13.4. The molecule has 0 aromatic heterocycles. The molecule has 10 atom stereocenters. The first-order chi connectivity index (χ1) is 15.9. The van der Waals surface area contributed by atoms with E-state index in [1.165, 1.54) is 6.42 Å². The van der Waals surface area contributed by atoms with Crippen LogP contribution in [0, 0.1) is 46.3 Å². The number of rotatable bonds is 3. The molecule has 0 amide bonds. The van der Waals surface area contributed by atoms with Crippen molar-refractivity contribution in [2.75, 3.05) is 0 Å². The number of aliphatic hydroxyl groups excluding tert-OH is 1. The summed E-state index contributed by atoms with van der Waals surface area (Å²) < 4.78 is 40.8. The Labute approximate surface area is 202 Å². The Morgan fingerprint density at radius 2 is 1.56 bits per heavy atom. The number of fused-ring (bicyclic) bond motifs is 5. The van der Waals surface area contributed by atoms with Crippen LogP contribution in [0.4, 0.5) is 13.2 Å². The van der Waals surface area contributed by atoms with Crippen molar-refractivity contribution in [1.82, 2.24) is 0 Å². The highest BCUT2D eigenvalue weighted by atomic mass is 19.4. The molecule has 2 nitrogen and oxygen atoms in total. The van der Waals surface area contributed by atoms with E-state index in [4.69, 9.17) is 0 Å². The van der Waals surface area contributed by atoms with Gasteiger partial charge in [0, 0.05) is 0 Å². The fourth-order valence-electron chi connectivity index (χ4n) is 9.58. The largest absolute Gasteiger partial charge is 0.417 e. The summed E-state index contributed by atoms with van der Waals surface area (Å²) in [6, 6.07) is 9.98. The van der Waals surface area contributed by atoms with Gasteiger partial charge in [0.1, 0.15) is 0 Å². The summed E-state index contributed by atoms with van der Waals surface area (Å²) >= 11 is 0. The highest BCUT2D eigenvalue weighted by molar-refractivity contribution is 5.19. The molecule has 4 saturated carbocycles. The van der Waals surface area contributed by atoms with Crippen molar-refractivity contribution in [2.45, 2.75) is 96.4 Å². The van der Waals surface area contributed by atoms with Gasteiger partial charge in [-0.2, -0.15) is 13.2 Å². The molecule has 0 radical (unpaired) electrons. The first-order valence-electron chi connectivity index (χ1n) is 13.4. The van der Waals surface area contributed by atoms with E-state index >= 15 is 0 Å². The minimum Gasteiger partial charge on any atom is -0.388 e. The third-order valence-corrected chi connectivity index (χ3v) is 11.6. The van der Waals surface area contributed by atoms with Gasteiger partial charge in [-0.15, -0.1) is 0 Å². The highest BCUT2D eigenvalue weighted by Gasteiger charge is 2.65. The van der Waals surface area contributed by atoms with Crippen LogP contribution in [0.25, 0.3) is 0 Å². The predicted molar refractivity (Wildman–Crippen MR) is 127 cm³/mol. The molecule has 5 heteroatoms. The molecular formula is C29H41F3O2. The number of halogens is 3. The number of benzene rings is 1. The Balaban J connectivity index is 1.35. The Hall–Kier alpha value is -1.07. The van der Waals surface area contributed by atoms with Crippen LogP contribution in [0.5, 0.6) is 0 Å². The van der Waals surface area contributed by atoms with Crippen LogP contribution in [0.15, 0.2) is 30.3 Å².